The first-order valence-corrected chi connectivity index (χ1v) is 37.9. The largest absolute Gasteiger partial charge is 0.308 e. The third-order valence-corrected chi connectivity index (χ3v) is 24.7. The quantitative estimate of drug-likeness (QED) is 0.157. The van der Waals surface area contributed by atoms with Crippen LogP contribution >= 0.6 is 0 Å². The van der Waals surface area contributed by atoms with E-state index in [2.05, 4.69) is 358 Å². The molecule has 3 heteroatoms. The van der Waals surface area contributed by atoms with Gasteiger partial charge in [-0.2, -0.15) is 0 Å². The summed E-state index contributed by atoms with van der Waals surface area (Å²) in [5.41, 5.74) is 27.6. The highest BCUT2D eigenvalue weighted by molar-refractivity contribution is 6.31. The number of nitrogens with zero attached hydrogens (tertiary/aromatic N) is 3. The molecule has 6 heterocycles. The van der Waals surface area contributed by atoms with Gasteiger partial charge in [0, 0.05) is 64.6 Å². The summed E-state index contributed by atoms with van der Waals surface area (Å²) in [4.78, 5) is 0. The van der Waals surface area contributed by atoms with Crippen molar-refractivity contribution < 1.29 is 0 Å². The van der Waals surface area contributed by atoms with E-state index in [1.54, 1.807) is 0 Å². The summed E-state index contributed by atoms with van der Waals surface area (Å²) in [6, 6.07) is 117. The maximum Gasteiger partial charge on any atom is 0.0620 e. The predicted molar refractivity (Wildman–Crippen MR) is 460 cm³/mol. The first-order chi connectivity index (χ1) is 52.3. The fourth-order valence-corrected chi connectivity index (χ4v) is 19.3. The Morgan fingerprint density at radius 1 is 0.215 bits per heavy atom. The molecule has 0 fully saturated rings. The van der Waals surface area contributed by atoms with Crippen LogP contribution in [0, 0.1) is 6.92 Å². The topological polar surface area (TPSA) is 13.2 Å². The molecule has 0 radical (unpaired) electrons. The van der Waals surface area contributed by atoms with E-state index >= 15 is 0 Å². The summed E-state index contributed by atoms with van der Waals surface area (Å²) in [6.07, 6.45) is 0. The van der Waals surface area contributed by atoms with Crippen molar-refractivity contribution in [2.75, 3.05) is 0 Å². The molecule has 0 aliphatic heterocycles. The van der Waals surface area contributed by atoms with E-state index < -0.39 is 0 Å². The van der Waals surface area contributed by atoms with Gasteiger partial charge in [-0.15, -0.1) is 0 Å². The van der Waals surface area contributed by atoms with Crippen LogP contribution in [0.4, 0.5) is 0 Å². The zero-order valence-electron chi connectivity index (χ0n) is 60.3. The van der Waals surface area contributed by atoms with Gasteiger partial charge in [0.05, 0.1) is 49.7 Å². The van der Waals surface area contributed by atoms with E-state index in [9.17, 15) is 0 Å². The van der Waals surface area contributed by atoms with Gasteiger partial charge in [-0.3, -0.25) is 0 Å². The molecule has 0 unspecified atom stereocenters. The highest BCUT2D eigenvalue weighted by Crippen LogP contribution is 2.50. The van der Waals surface area contributed by atoms with Gasteiger partial charge in [0.2, 0.25) is 0 Å². The van der Waals surface area contributed by atoms with E-state index in [1.807, 2.05) is 0 Å². The van der Waals surface area contributed by atoms with Crippen LogP contribution in [0.25, 0.3) is 235 Å². The summed E-state index contributed by atoms with van der Waals surface area (Å²) in [5.74, 6) is 0.409. The highest BCUT2D eigenvalue weighted by atomic mass is 14.9. The molecule has 107 heavy (non-hydrogen) atoms. The number of benzene rings is 18. The Bertz CT molecular complexity index is 8050. The predicted octanol–water partition coefficient (Wildman–Crippen LogP) is 29.1. The third kappa shape index (κ3) is 8.48. The molecule has 0 aliphatic carbocycles. The standard InChI is InChI=1S/C104H69N3/c1-57(2)59-19-12-21-61(33-59)80-47-92-86-42-76-35-68(67-24-28-71-53-97-85(41-75(71)34-67)91-46-79(60-20-11-14-58(3)32-60)45-89-83-39-63-15-7-9-17-65(63)51-95(83)105(97)101(89)91)26-30-73(76)55-99(86)107-100-56-74-31-27-69(36-77(74)43-87(100)93(48-80)103(92)107)70-25-29-72-54-98-88(44-78(72)37-70)94-50-81(62-22-13-23-82(38-62)104(4,5)6)49-90-84-40-64-16-8-10-18-66(64)52-96(84)106(98)102(90)94/h7-57H,1-6H3. The molecule has 0 saturated carbocycles. The van der Waals surface area contributed by atoms with Gasteiger partial charge >= 0.3 is 0 Å². The Balaban J connectivity index is 0.643. The molecular weight excluding hydrogens is 1290 g/mol. The fourth-order valence-electron chi connectivity index (χ4n) is 19.3. The average molecular weight is 1360 g/mol. The Kier molecular flexibility index (Phi) is 11.7. The summed E-state index contributed by atoms with van der Waals surface area (Å²) in [6.45, 7) is 13.7. The second-order valence-corrected chi connectivity index (χ2v) is 32.4. The van der Waals surface area contributed by atoms with E-state index in [0.29, 0.717) is 5.92 Å². The Morgan fingerprint density at radius 2 is 0.495 bits per heavy atom. The summed E-state index contributed by atoms with van der Waals surface area (Å²) in [5, 5.41) is 30.3. The van der Waals surface area contributed by atoms with Gasteiger partial charge in [-0.1, -0.05) is 210 Å². The summed E-state index contributed by atoms with van der Waals surface area (Å²) >= 11 is 0. The van der Waals surface area contributed by atoms with Gasteiger partial charge in [0.25, 0.3) is 0 Å². The first-order valence-electron chi connectivity index (χ1n) is 37.9. The molecule has 6 aromatic heterocycles. The Morgan fingerprint density at radius 3 is 0.822 bits per heavy atom. The molecule has 0 N–H and O–H groups in total. The molecule has 500 valence electrons. The maximum absolute atomic E-state index is 2.58. The van der Waals surface area contributed by atoms with E-state index in [-0.39, 0.29) is 5.41 Å². The summed E-state index contributed by atoms with van der Waals surface area (Å²) in [7, 11) is 0. The molecule has 24 rings (SSSR count). The molecule has 24 aromatic rings. The van der Waals surface area contributed by atoms with E-state index in [4.69, 9.17) is 0 Å². The van der Waals surface area contributed by atoms with Crippen molar-refractivity contribution >= 4 is 179 Å². The normalized spacial score (nSPS) is 12.9. The molecule has 18 aromatic carbocycles. The van der Waals surface area contributed by atoms with Crippen LogP contribution in [0.1, 0.15) is 57.2 Å². The van der Waals surface area contributed by atoms with Crippen LogP contribution in [0.3, 0.4) is 0 Å². The molecule has 0 aliphatic rings. The van der Waals surface area contributed by atoms with Crippen LogP contribution in [-0.4, -0.2) is 13.2 Å². The second kappa shape index (κ2) is 21.1. The fraction of sp³-hybridized carbons (Fsp3) is 0.0769. The van der Waals surface area contributed by atoms with Crippen molar-refractivity contribution in [2.45, 2.75) is 52.9 Å². The lowest BCUT2D eigenvalue weighted by molar-refractivity contribution is 0.590. The zero-order valence-corrected chi connectivity index (χ0v) is 60.3. The summed E-state index contributed by atoms with van der Waals surface area (Å²) < 4.78 is 7.67. The van der Waals surface area contributed by atoms with Crippen molar-refractivity contribution in [1.29, 1.82) is 0 Å². The van der Waals surface area contributed by atoms with Crippen LogP contribution in [0.15, 0.2) is 303 Å². The lowest BCUT2D eigenvalue weighted by Crippen LogP contribution is -2.10. The number of aromatic nitrogens is 3. The van der Waals surface area contributed by atoms with Crippen molar-refractivity contribution in [3.05, 3.63) is 320 Å². The third-order valence-electron chi connectivity index (χ3n) is 24.7. The highest BCUT2D eigenvalue weighted by Gasteiger charge is 2.26. The van der Waals surface area contributed by atoms with Gasteiger partial charge in [-0.05, 0) is 283 Å². The van der Waals surface area contributed by atoms with Gasteiger partial charge in [-0.25, -0.2) is 0 Å². The molecule has 0 amide bonds. The molecule has 0 spiro atoms. The van der Waals surface area contributed by atoms with Crippen molar-refractivity contribution in [2.24, 2.45) is 0 Å². The average Bonchev–Trinajstić information content (AvgIpc) is 1.55. The monoisotopic (exact) mass is 1360 g/mol. The lowest BCUT2D eigenvalue weighted by atomic mass is 9.85. The lowest BCUT2D eigenvalue weighted by Gasteiger charge is -2.20. The Labute approximate surface area is 616 Å². The maximum atomic E-state index is 2.58. The number of aryl methyl sites for hydroxylation is 1. The van der Waals surface area contributed by atoms with Gasteiger partial charge in [0.15, 0.2) is 0 Å². The number of fused-ring (bicyclic) bond motifs is 24. The van der Waals surface area contributed by atoms with Crippen molar-refractivity contribution in [1.82, 2.24) is 13.2 Å². The van der Waals surface area contributed by atoms with Crippen molar-refractivity contribution in [3.8, 4) is 55.6 Å². The first kappa shape index (κ1) is 59.3. The zero-order chi connectivity index (χ0) is 70.7. The molecule has 3 nitrogen and oxygen atoms in total. The van der Waals surface area contributed by atoms with Crippen LogP contribution in [-0.2, 0) is 5.41 Å². The number of hydrogen-bond donors (Lipinski definition) is 0. The molecular formula is C104H69N3. The smallest absolute Gasteiger partial charge is 0.0620 e. The molecule has 0 bridgehead atoms. The minimum atomic E-state index is 0.0341. The van der Waals surface area contributed by atoms with Gasteiger partial charge < -0.3 is 13.2 Å². The molecule has 0 saturated heterocycles. The van der Waals surface area contributed by atoms with Crippen LogP contribution in [0.5, 0.6) is 0 Å². The van der Waals surface area contributed by atoms with Crippen LogP contribution in [0.2, 0.25) is 0 Å². The van der Waals surface area contributed by atoms with Crippen molar-refractivity contribution in [3.63, 3.8) is 0 Å². The van der Waals surface area contributed by atoms with Crippen LogP contribution < -0.4 is 0 Å². The minimum Gasteiger partial charge on any atom is -0.308 e. The van der Waals surface area contributed by atoms with E-state index in [1.165, 1.54) is 251 Å². The van der Waals surface area contributed by atoms with E-state index in [0.717, 1.165) is 0 Å². The SMILES string of the molecule is Cc1cccc(-c2cc3c4cc5ccccc5cc4n4c5cc6ccc(-c7ccc8cc9c(cc8c7)c7cc(-c8cccc(C(C)C)c8)cc8c%10cc%11cc(-c%12ccc%13cc%14c(cc%13c%12)c%12cc(-c%13cccc(C(C)(C)C)c%13)cc%13c%15cc%16ccccc%16cc%15n%14c%13%12)ccc%11cc%10n9c78)cc6cc5c(c2)c34)c1. The molecule has 0 atom stereocenters. The second-order valence-electron chi connectivity index (χ2n) is 32.4. The Hall–Kier alpha value is -13.1. The number of hydrogen-bond acceptors (Lipinski definition) is 0. The number of rotatable bonds is 6. The minimum absolute atomic E-state index is 0.0341. The van der Waals surface area contributed by atoms with Gasteiger partial charge in [0.1, 0.15) is 0 Å².